The summed E-state index contributed by atoms with van der Waals surface area (Å²) in [6.45, 7) is 5.90. The predicted molar refractivity (Wildman–Crippen MR) is 155 cm³/mol. The van der Waals surface area contributed by atoms with Gasteiger partial charge in [0.1, 0.15) is 36.2 Å². The van der Waals surface area contributed by atoms with Crippen molar-refractivity contribution < 1.29 is 33.5 Å². The molecule has 12 nitrogen and oxygen atoms in total. The lowest BCUT2D eigenvalue weighted by molar-refractivity contribution is -0.136. The van der Waals surface area contributed by atoms with Crippen molar-refractivity contribution in [2.45, 2.75) is 44.9 Å². The van der Waals surface area contributed by atoms with Gasteiger partial charge in [-0.3, -0.25) is 24.3 Å². The van der Waals surface area contributed by atoms with Gasteiger partial charge in [0.25, 0.3) is 0 Å². The monoisotopic (exact) mass is 607 g/mol. The van der Waals surface area contributed by atoms with E-state index >= 15 is 0 Å². The Kier molecular flexibility index (Phi) is 8.23. The lowest BCUT2D eigenvalue weighted by atomic mass is 9.97. The van der Waals surface area contributed by atoms with Crippen molar-refractivity contribution in [3.05, 3.63) is 82.2 Å². The van der Waals surface area contributed by atoms with Crippen molar-refractivity contribution in [3.63, 3.8) is 0 Å². The summed E-state index contributed by atoms with van der Waals surface area (Å²) in [7, 11) is 0. The number of amides is 3. The van der Waals surface area contributed by atoms with Crippen molar-refractivity contribution in [2.75, 3.05) is 19.6 Å². The van der Waals surface area contributed by atoms with Crippen LogP contribution in [0.5, 0.6) is 5.75 Å². The predicted octanol–water partition coefficient (Wildman–Crippen LogP) is 4.26. The van der Waals surface area contributed by atoms with Gasteiger partial charge < -0.3 is 24.6 Å². The number of carbonyl (C=O) groups excluding carboxylic acids is 3. The number of rotatable bonds is 7. The SMILES string of the molecule is CC(C)(C)Oc1cc(C(=O)CC(=O)O)ccc1C1=N[C@@H](c2ccno2)[C@@H](c2ccc(Cl)cc2)N1C(=O)N1CCNC(=O)C1. The molecule has 0 saturated carbocycles. The fourth-order valence-corrected chi connectivity index (χ4v) is 5.15. The number of hydrogen-bond acceptors (Lipinski definition) is 8. The number of ether oxygens (including phenoxy) is 1. The third-order valence-electron chi connectivity index (χ3n) is 6.81. The molecule has 2 aliphatic heterocycles. The number of Topliss-reactive ketones (excluding diaryl/α,β-unsaturated/α-hetero) is 1. The maximum absolute atomic E-state index is 14.3. The zero-order chi connectivity index (χ0) is 30.9. The third kappa shape index (κ3) is 6.54. The molecule has 2 aliphatic rings. The summed E-state index contributed by atoms with van der Waals surface area (Å²) in [5.41, 5.74) is 0.487. The molecule has 1 fully saturated rings. The van der Waals surface area contributed by atoms with Crippen molar-refractivity contribution in [1.82, 2.24) is 20.3 Å². The van der Waals surface area contributed by atoms with Crippen LogP contribution in [0.4, 0.5) is 4.79 Å². The van der Waals surface area contributed by atoms with Crippen LogP contribution in [0.15, 0.2) is 64.2 Å². The van der Waals surface area contributed by atoms with Crippen LogP contribution in [0, 0.1) is 0 Å². The number of nitrogens with one attached hydrogen (secondary N) is 1. The number of halogens is 1. The van der Waals surface area contributed by atoms with Crippen molar-refractivity contribution in [3.8, 4) is 5.75 Å². The average molecular weight is 608 g/mol. The Morgan fingerprint density at radius 3 is 2.51 bits per heavy atom. The van der Waals surface area contributed by atoms with Crippen LogP contribution in [0.25, 0.3) is 0 Å². The standard InChI is InChI=1S/C30H30ClN5O7/c1-30(2,3)42-23-14-18(21(37)15-25(39)40)6-9-20(23)28-34-26(22-10-11-33-43-22)27(17-4-7-19(31)8-5-17)36(28)29(41)35-13-12-32-24(38)16-35/h4-11,14,26-27H,12-13,15-16H2,1-3H3,(H,32,38)(H,39,40)/t26-,27+/m0/s1. The van der Waals surface area contributed by atoms with Crippen LogP contribution in [0.3, 0.4) is 0 Å². The van der Waals surface area contributed by atoms with E-state index in [0.29, 0.717) is 28.5 Å². The minimum Gasteiger partial charge on any atom is -0.487 e. The van der Waals surface area contributed by atoms with Gasteiger partial charge in [0.2, 0.25) is 5.91 Å². The minimum absolute atomic E-state index is 0.135. The van der Waals surface area contributed by atoms with E-state index < -0.39 is 41.9 Å². The number of aliphatic carboxylic acids is 1. The number of carbonyl (C=O) groups is 4. The normalized spacial score (nSPS) is 18.7. The van der Waals surface area contributed by atoms with Gasteiger partial charge >= 0.3 is 12.0 Å². The highest BCUT2D eigenvalue weighted by Gasteiger charge is 2.46. The fourth-order valence-electron chi connectivity index (χ4n) is 5.02. The van der Waals surface area contributed by atoms with E-state index in [1.807, 2.05) is 20.8 Å². The molecule has 0 spiro atoms. The largest absolute Gasteiger partial charge is 0.487 e. The molecule has 2 N–H and O–H groups in total. The second-order valence-electron chi connectivity index (χ2n) is 11.2. The number of benzene rings is 2. The molecule has 224 valence electrons. The number of hydrogen-bond donors (Lipinski definition) is 2. The molecular weight excluding hydrogens is 578 g/mol. The first kappa shape index (κ1) is 29.8. The Labute approximate surface area is 252 Å². The van der Waals surface area contributed by atoms with E-state index in [-0.39, 0.29) is 36.1 Å². The highest BCUT2D eigenvalue weighted by molar-refractivity contribution is 6.30. The molecule has 5 rings (SSSR count). The summed E-state index contributed by atoms with van der Waals surface area (Å²) in [5.74, 6) is -1.30. The van der Waals surface area contributed by atoms with Crippen LogP contribution in [0.2, 0.25) is 5.02 Å². The molecule has 3 amide bonds. The lowest BCUT2D eigenvalue weighted by Gasteiger charge is -2.35. The van der Waals surface area contributed by atoms with Crippen LogP contribution in [-0.2, 0) is 9.59 Å². The summed E-state index contributed by atoms with van der Waals surface area (Å²) in [6, 6.07) is 11.3. The number of carboxylic acids is 1. The van der Waals surface area contributed by atoms with Gasteiger partial charge in [-0.15, -0.1) is 0 Å². The van der Waals surface area contributed by atoms with E-state index in [1.165, 1.54) is 28.1 Å². The van der Waals surface area contributed by atoms with Crippen LogP contribution in [-0.4, -0.2) is 74.8 Å². The quantitative estimate of drug-likeness (QED) is 0.298. The molecule has 43 heavy (non-hydrogen) atoms. The Morgan fingerprint density at radius 1 is 1.14 bits per heavy atom. The van der Waals surface area contributed by atoms with Crippen LogP contribution < -0.4 is 10.1 Å². The summed E-state index contributed by atoms with van der Waals surface area (Å²) < 4.78 is 11.8. The Hall–Kier alpha value is -4.71. The maximum Gasteiger partial charge on any atom is 0.326 e. The van der Waals surface area contributed by atoms with Gasteiger partial charge in [-0.2, -0.15) is 0 Å². The zero-order valence-electron chi connectivity index (χ0n) is 23.7. The number of amidine groups is 1. The number of nitrogens with zero attached hydrogens (tertiary/aromatic N) is 4. The lowest BCUT2D eigenvalue weighted by Crippen LogP contribution is -2.55. The Bertz CT molecular complexity index is 1580. The minimum atomic E-state index is -1.25. The highest BCUT2D eigenvalue weighted by atomic mass is 35.5. The number of urea groups is 1. The third-order valence-corrected chi connectivity index (χ3v) is 7.07. The van der Waals surface area contributed by atoms with E-state index in [9.17, 15) is 19.2 Å². The zero-order valence-corrected chi connectivity index (χ0v) is 24.5. The summed E-state index contributed by atoms with van der Waals surface area (Å²) >= 11 is 6.20. The molecule has 3 heterocycles. The van der Waals surface area contributed by atoms with Crippen LogP contribution >= 0.6 is 11.6 Å². The van der Waals surface area contributed by atoms with Gasteiger partial charge in [-0.05, 0) is 50.6 Å². The molecule has 13 heteroatoms. The Balaban J connectivity index is 1.69. The van der Waals surface area contributed by atoms with Crippen LogP contribution in [0.1, 0.15) is 66.5 Å². The number of aliphatic imine (C=N–C) groups is 1. The van der Waals surface area contributed by atoms with Gasteiger partial charge in [0.05, 0.1) is 17.8 Å². The molecular formula is C30H30ClN5O7. The molecule has 0 aliphatic carbocycles. The summed E-state index contributed by atoms with van der Waals surface area (Å²) in [6.07, 6.45) is 0.795. The summed E-state index contributed by atoms with van der Waals surface area (Å²) in [4.78, 5) is 58.5. The molecule has 0 radical (unpaired) electrons. The second kappa shape index (κ2) is 11.9. The molecule has 1 aromatic heterocycles. The topological polar surface area (TPSA) is 155 Å². The second-order valence-corrected chi connectivity index (χ2v) is 11.6. The first-order valence-corrected chi connectivity index (χ1v) is 14.0. The maximum atomic E-state index is 14.3. The molecule has 0 unspecified atom stereocenters. The number of aromatic nitrogens is 1. The van der Waals surface area contributed by atoms with Crippen molar-refractivity contribution in [2.24, 2.45) is 4.99 Å². The molecule has 1 saturated heterocycles. The van der Waals surface area contributed by atoms with Gasteiger partial charge in [0.15, 0.2) is 11.5 Å². The van der Waals surface area contributed by atoms with Crippen molar-refractivity contribution in [1.29, 1.82) is 0 Å². The first-order chi connectivity index (χ1) is 20.4. The number of piperazine rings is 1. The fraction of sp³-hybridized carbons (Fsp3) is 0.333. The van der Waals surface area contributed by atoms with Gasteiger partial charge in [-0.1, -0.05) is 35.0 Å². The molecule has 0 bridgehead atoms. The van der Waals surface area contributed by atoms with Gasteiger partial charge in [0, 0.05) is 29.7 Å². The average Bonchev–Trinajstić information content (AvgIpc) is 3.60. The van der Waals surface area contributed by atoms with E-state index in [4.69, 9.17) is 31.0 Å². The van der Waals surface area contributed by atoms with Crippen molar-refractivity contribution >= 4 is 41.1 Å². The summed E-state index contributed by atoms with van der Waals surface area (Å²) in [5, 5.41) is 16.3. The van der Waals surface area contributed by atoms with E-state index in [2.05, 4.69) is 10.5 Å². The highest BCUT2D eigenvalue weighted by Crippen LogP contribution is 2.45. The molecule has 3 aromatic rings. The van der Waals surface area contributed by atoms with Gasteiger partial charge in [-0.25, -0.2) is 4.79 Å². The first-order valence-electron chi connectivity index (χ1n) is 13.6. The number of ketones is 1. The number of carboxylic acid groups (broad SMARTS) is 1. The Morgan fingerprint density at radius 2 is 1.88 bits per heavy atom. The molecule has 2 atom stereocenters. The van der Waals surface area contributed by atoms with E-state index in [1.54, 1.807) is 36.4 Å². The molecule has 2 aromatic carbocycles. The smallest absolute Gasteiger partial charge is 0.326 e. The van der Waals surface area contributed by atoms with E-state index in [0.717, 1.165) is 0 Å².